The molecule has 0 bridgehead atoms. The quantitative estimate of drug-likeness (QED) is 0.622. The number of benzene rings is 2. The van der Waals surface area contributed by atoms with Crippen LogP contribution in [0.3, 0.4) is 0 Å². The standard InChI is InChI=1S/C19H14ClNO2/c1-2-15(22)12-13-5-10-18(19-17(13)4-3-11-21-19)23-16-8-6-14(20)7-9-16/h2-11H,1,12H2. The van der Waals surface area contributed by atoms with E-state index in [0.717, 1.165) is 16.5 Å². The first-order chi connectivity index (χ1) is 11.2. The molecule has 0 saturated heterocycles. The van der Waals surface area contributed by atoms with Crippen LogP contribution < -0.4 is 4.74 Å². The zero-order chi connectivity index (χ0) is 16.2. The number of carbonyl (C=O) groups is 1. The molecule has 0 fully saturated rings. The van der Waals surface area contributed by atoms with Gasteiger partial charge in [0.05, 0.1) is 0 Å². The minimum absolute atomic E-state index is 0.0264. The van der Waals surface area contributed by atoms with Crippen LogP contribution in [0.2, 0.25) is 5.02 Å². The molecule has 0 radical (unpaired) electrons. The summed E-state index contributed by atoms with van der Waals surface area (Å²) in [7, 11) is 0. The number of nitrogens with zero attached hydrogens (tertiary/aromatic N) is 1. The molecule has 3 rings (SSSR count). The van der Waals surface area contributed by atoms with Crippen molar-refractivity contribution in [3.8, 4) is 11.5 Å². The summed E-state index contributed by atoms with van der Waals surface area (Å²) in [5.74, 6) is 1.29. The second-order valence-electron chi connectivity index (χ2n) is 5.03. The van der Waals surface area contributed by atoms with Gasteiger partial charge >= 0.3 is 0 Å². The Bertz CT molecular complexity index is 872. The van der Waals surface area contributed by atoms with E-state index in [2.05, 4.69) is 11.6 Å². The molecular weight excluding hydrogens is 310 g/mol. The molecule has 0 amide bonds. The lowest BCUT2D eigenvalue weighted by Crippen LogP contribution is -2.00. The van der Waals surface area contributed by atoms with E-state index in [1.807, 2.05) is 24.3 Å². The van der Waals surface area contributed by atoms with Gasteiger partial charge in [-0.15, -0.1) is 0 Å². The Balaban J connectivity index is 2.02. The van der Waals surface area contributed by atoms with Gasteiger partial charge in [-0.25, -0.2) is 0 Å². The van der Waals surface area contributed by atoms with E-state index in [9.17, 15) is 4.79 Å². The molecule has 3 nitrogen and oxygen atoms in total. The highest BCUT2D eigenvalue weighted by molar-refractivity contribution is 6.30. The van der Waals surface area contributed by atoms with Gasteiger partial charge in [-0.1, -0.05) is 30.3 Å². The Kier molecular flexibility index (Phi) is 4.40. The molecule has 0 spiro atoms. The second kappa shape index (κ2) is 6.63. The zero-order valence-electron chi connectivity index (χ0n) is 12.3. The minimum Gasteiger partial charge on any atom is -0.455 e. The maximum atomic E-state index is 11.7. The number of hydrogen-bond donors (Lipinski definition) is 0. The Hall–Kier alpha value is -2.65. The number of halogens is 1. The number of hydrogen-bond acceptors (Lipinski definition) is 3. The van der Waals surface area contributed by atoms with Crippen LogP contribution in [0.1, 0.15) is 5.56 Å². The van der Waals surface area contributed by atoms with Crippen LogP contribution in [0.5, 0.6) is 11.5 Å². The van der Waals surface area contributed by atoms with Crippen molar-refractivity contribution in [2.75, 3.05) is 0 Å². The van der Waals surface area contributed by atoms with Crippen molar-refractivity contribution in [3.05, 3.63) is 78.0 Å². The normalized spacial score (nSPS) is 10.5. The smallest absolute Gasteiger partial charge is 0.159 e. The van der Waals surface area contributed by atoms with Gasteiger partial charge in [0.2, 0.25) is 0 Å². The van der Waals surface area contributed by atoms with E-state index in [1.165, 1.54) is 6.08 Å². The summed E-state index contributed by atoms with van der Waals surface area (Å²) in [6.07, 6.45) is 3.34. The molecule has 0 saturated carbocycles. The molecule has 4 heteroatoms. The number of allylic oxidation sites excluding steroid dienone is 1. The maximum absolute atomic E-state index is 11.7. The molecule has 2 aromatic carbocycles. The third-order valence-electron chi connectivity index (χ3n) is 3.46. The fraction of sp³-hybridized carbons (Fsp3) is 0.0526. The van der Waals surface area contributed by atoms with Crippen LogP contribution in [-0.2, 0) is 11.2 Å². The first kappa shape index (κ1) is 15.3. The second-order valence-corrected chi connectivity index (χ2v) is 5.46. The van der Waals surface area contributed by atoms with E-state index >= 15 is 0 Å². The molecule has 1 aromatic heterocycles. The predicted molar refractivity (Wildman–Crippen MR) is 92.2 cm³/mol. The van der Waals surface area contributed by atoms with E-state index in [0.29, 0.717) is 22.9 Å². The number of pyridine rings is 1. The van der Waals surface area contributed by atoms with Gasteiger partial charge < -0.3 is 4.74 Å². The number of ether oxygens (including phenoxy) is 1. The fourth-order valence-corrected chi connectivity index (χ4v) is 2.46. The van der Waals surface area contributed by atoms with Crippen molar-refractivity contribution in [2.24, 2.45) is 0 Å². The number of rotatable bonds is 5. The van der Waals surface area contributed by atoms with Crippen LogP contribution in [-0.4, -0.2) is 10.8 Å². The zero-order valence-corrected chi connectivity index (χ0v) is 13.1. The van der Waals surface area contributed by atoms with Crippen LogP contribution in [0, 0.1) is 0 Å². The van der Waals surface area contributed by atoms with E-state index in [-0.39, 0.29) is 5.78 Å². The average Bonchev–Trinajstić information content (AvgIpc) is 2.59. The van der Waals surface area contributed by atoms with Gasteiger partial charge in [0, 0.05) is 23.0 Å². The molecule has 0 aliphatic carbocycles. The summed E-state index contributed by atoms with van der Waals surface area (Å²) in [4.78, 5) is 16.1. The summed E-state index contributed by atoms with van der Waals surface area (Å²) in [6.45, 7) is 3.52. The first-order valence-electron chi connectivity index (χ1n) is 7.12. The largest absolute Gasteiger partial charge is 0.455 e. The highest BCUT2D eigenvalue weighted by Gasteiger charge is 2.10. The Labute approximate surface area is 139 Å². The molecule has 23 heavy (non-hydrogen) atoms. The first-order valence-corrected chi connectivity index (χ1v) is 7.50. The molecule has 1 heterocycles. The van der Waals surface area contributed by atoms with Gasteiger partial charge in [-0.05, 0) is 48.0 Å². The van der Waals surface area contributed by atoms with Crippen molar-refractivity contribution >= 4 is 28.3 Å². The number of fused-ring (bicyclic) bond motifs is 1. The highest BCUT2D eigenvalue weighted by Crippen LogP contribution is 2.31. The van der Waals surface area contributed by atoms with Crippen molar-refractivity contribution in [2.45, 2.75) is 6.42 Å². The number of carbonyl (C=O) groups excluding carboxylic acids is 1. The summed E-state index contributed by atoms with van der Waals surface area (Å²) in [5.41, 5.74) is 1.62. The van der Waals surface area contributed by atoms with Gasteiger partial charge in [-0.2, -0.15) is 0 Å². The van der Waals surface area contributed by atoms with E-state index in [4.69, 9.17) is 16.3 Å². The van der Waals surface area contributed by atoms with Crippen LogP contribution >= 0.6 is 11.6 Å². The molecule has 3 aromatic rings. The highest BCUT2D eigenvalue weighted by atomic mass is 35.5. The lowest BCUT2D eigenvalue weighted by atomic mass is 10.0. The van der Waals surface area contributed by atoms with Crippen LogP contribution in [0.15, 0.2) is 67.4 Å². The molecule has 0 aliphatic heterocycles. The van der Waals surface area contributed by atoms with Gasteiger partial charge in [-0.3, -0.25) is 9.78 Å². The predicted octanol–water partition coefficient (Wildman–Crippen LogP) is 4.98. The summed E-state index contributed by atoms with van der Waals surface area (Å²) < 4.78 is 5.91. The molecule has 114 valence electrons. The Morgan fingerprint density at radius 3 is 2.70 bits per heavy atom. The fourth-order valence-electron chi connectivity index (χ4n) is 2.33. The maximum Gasteiger partial charge on any atom is 0.159 e. The SMILES string of the molecule is C=CC(=O)Cc1ccc(Oc2ccc(Cl)cc2)c2ncccc12. The Morgan fingerprint density at radius 1 is 1.17 bits per heavy atom. The molecule has 0 aliphatic rings. The van der Waals surface area contributed by atoms with E-state index < -0.39 is 0 Å². The van der Waals surface area contributed by atoms with Crippen molar-refractivity contribution in [1.29, 1.82) is 0 Å². The monoisotopic (exact) mass is 323 g/mol. The number of ketones is 1. The van der Waals surface area contributed by atoms with Gasteiger partial charge in [0.15, 0.2) is 11.5 Å². The van der Waals surface area contributed by atoms with Gasteiger partial charge in [0.25, 0.3) is 0 Å². The van der Waals surface area contributed by atoms with Crippen LogP contribution in [0.25, 0.3) is 10.9 Å². The van der Waals surface area contributed by atoms with Gasteiger partial charge in [0.1, 0.15) is 11.3 Å². The molecule has 0 N–H and O–H groups in total. The molecule has 0 atom stereocenters. The summed E-state index contributed by atoms with van der Waals surface area (Å²) in [5, 5.41) is 1.55. The van der Waals surface area contributed by atoms with Crippen molar-refractivity contribution in [1.82, 2.24) is 4.98 Å². The van der Waals surface area contributed by atoms with Crippen LogP contribution in [0.4, 0.5) is 0 Å². The molecular formula is C19H14ClNO2. The minimum atomic E-state index is -0.0264. The van der Waals surface area contributed by atoms with Crippen molar-refractivity contribution in [3.63, 3.8) is 0 Å². The lowest BCUT2D eigenvalue weighted by molar-refractivity contribution is -0.113. The third-order valence-corrected chi connectivity index (χ3v) is 3.71. The summed E-state index contributed by atoms with van der Waals surface area (Å²) >= 11 is 5.88. The summed E-state index contributed by atoms with van der Waals surface area (Å²) in [6, 6.07) is 14.6. The molecule has 0 unspecified atom stereocenters. The lowest BCUT2D eigenvalue weighted by Gasteiger charge is -2.11. The van der Waals surface area contributed by atoms with Crippen molar-refractivity contribution < 1.29 is 9.53 Å². The average molecular weight is 324 g/mol. The number of aromatic nitrogens is 1. The third kappa shape index (κ3) is 3.41. The Morgan fingerprint density at radius 2 is 1.96 bits per heavy atom. The topological polar surface area (TPSA) is 39.2 Å². The van der Waals surface area contributed by atoms with E-state index in [1.54, 1.807) is 30.5 Å².